The second kappa shape index (κ2) is 9.64. The molecule has 2 aliphatic heterocycles. The van der Waals surface area contributed by atoms with Crippen molar-refractivity contribution in [1.29, 1.82) is 0 Å². The lowest BCUT2D eigenvalue weighted by molar-refractivity contribution is -0.151. The third kappa shape index (κ3) is 4.84. The average Bonchev–Trinajstić information content (AvgIpc) is 3.04. The molecule has 0 saturated carbocycles. The first-order chi connectivity index (χ1) is 15.4. The van der Waals surface area contributed by atoms with Gasteiger partial charge in [0.25, 0.3) is 0 Å². The van der Waals surface area contributed by atoms with Gasteiger partial charge in [0.2, 0.25) is 10.0 Å². The minimum absolute atomic E-state index is 0.0168. The molecule has 0 aromatic heterocycles. The summed E-state index contributed by atoms with van der Waals surface area (Å²) in [5.74, 6) is -0.618. The number of carbonyl (C=O) groups is 1. The first kappa shape index (κ1) is 22.8. The van der Waals surface area contributed by atoms with Gasteiger partial charge >= 0.3 is 5.97 Å². The van der Waals surface area contributed by atoms with Crippen molar-refractivity contribution in [3.05, 3.63) is 52.8 Å². The Labute approximate surface area is 191 Å². The summed E-state index contributed by atoms with van der Waals surface area (Å²) in [6.07, 6.45) is 1.35. The highest BCUT2D eigenvalue weighted by Gasteiger charge is 2.34. The van der Waals surface area contributed by atoms with Crippen LogP contribution in [0.3, 0.4) is 0 Å². The van der Waals surface area contributed by atoms with Gasteiger partial charge in [-0.1, -0.05) is 23.7 Å². The van der Waals surface area contributed by atoms with Crippen molar-refractivity contribution in [2.45, 2.75) is 30.8 Å². The molecule has 0 bridgehead atoms. The number of carbonyl (C=O) groups excluding carboxylic acids is 1. The highest BCUT2D eigenvalue weighted by atomic mass is 35.5. The molecule has 0 radical (unpaired) electrons. The topological polar surface area (TPSA) is 82.1 Å². The lowest BCUT2D eigenvalue weighted by Crippen LogP contribution is -2.40. The van der Waals surface area contributed by atoms with E-state index in [0.29, 0.717) is 48.1 Å². The van der Waals surface area contributed by atoms with E-state index in [1.165, 1.54) is 22.5 Å². The van der Waals surface area contributed by atoms with Gasteiger partial charge in [-0.2, -0.15) is 4.31 Å². The molecule has 2 heterocycles. The van der Waals surface area contributed by atoms with Gasteiger partial charge in [-0.05, 0) is 42.7 Å². The van der Waals surface area contributed by atoms with Crippen molar-refractivity contribution in [2.24, 2.45) is 5.92 Å². The van der Waals surface area contributed by atoms with Crippen molar-refractivity contribution < 1.29 is 31.8 Å². The Balaban J connectivity index is 1.34. The summed E-state index contributed by atoms with van der Waals surface area (Å²) in [6.45, 7) is 1.29. The Hall–Kier alpha value is -2.36. The van der Waals surface area contributed by atoms with Gasteiger partial charge in [0.1, 0.15) is 17.3 Å². The van der Waals surface area contributed by atoms with Crippen LogP contribution in [0.5, 0.6) is 11.5 Å². The molecular weight excluding hydrogens is 461 g/mol. The van der Waals surface area contributed by atoms with Gasteiger partial charge in [0.05, 0.1) is 24.2 Å². The van der Waals surface area contributed by atoms with E-state index < -0.39 is 27.7 Å². The molecule has 0 atom stereocenters. The molecule has 32 heavy (non-hydrogen) atoms. The van der Waals surface area contributed by atoms with E-state index in [9.17, 15) is 17.6 Å². The van der Waals surface area contributed by atoms with E-state index >= 15 is 0 Å². The van der Waals surface area contributed by atoms with Gasteiger partial charge in [-0.15, -0.1) is 0 Å². The second-order valence-corrected chi connectivity index (χ2v) is 9.99. The Kier molecular flexibility index (Phi) is 6.88. The number of benzene rings is 2. The maximum absolute atomic E-state index is 14.0. The Morgan fingerprint density at radius 3 is 2.62 bits per heavy atom. The van der Waals surface area contributed by atoms with Crippen LogP contribution in [-0.2, 0) is 26.2 Å². The fraction of sp³-hybridized carbons (Fsp3) is 0.409. The average molecular weight is 484 g/mol. The number of piperidine rings is 1. The second-order valence-electron chi connectivity index (χ2n) is 7.67. The smallest absolute Gasteiger partial charge is 0.309 e. The Morgan fingerprint density at radius 1 is 1.16 bits per heavy atom. The number of rotatable bonds is 5. The molecule has 0 unspecified atom stereocenters. The summed E-state index contributed by atoms with van der Waals surface area (Å²) in [6, 6.07) is 8.68. The van der Waals surface area contributed by atoms with Gasteiger partial charge in [0, 0.05) is 19.5 Å². The van der Waals surface area contributed by atoms with Crippen LogP contribution in [0.25, 0.3) is 0 Å². The SMILES string of the molecule is O=C(OCc1cc(Cl)c2c(c1)OCCCO2)C1CCN(S(=O)(=O)c2ccccc2F)CC1. The fourth-order valence-corrected chi connectivity index (χ4v) is 5.59. The molecule has 4 rings (SSSR count). The Bertz CT molecular complexity index is 1100. The van der Waals surface area contributed by atoms with Crippen LogP contribution in [0.2, 0.25) is 5.02 Å². The predicted octanol–water partition coefficient (Wildman–Crippen LogP) is 3.78. The fourth-order valence-electron chi connectivity index (χ4n) is 3.76. The molecule has 1 saturated heterocycles. The summed E-state index contributed by atoms with van der Waals surface area (Å²) >= 11 is 6.27. The first-order valence-electron chi connectivity index (χ1n) is 10.4. The van der Waals surface area contributed by atoms with Crippen LogP contribution >= 0.6 is 11.6 Å². The number of fused-ring (bicyclic) bond motifs is 1. The van der Waals surface area contributed by atoms with Crippen LogP contribution in [0, 0.1) is 11.7 Å². The first-order valence-corrected chi connectivity index (χ1v) is 12.2. The van der Waals surface area contributed by atoms with E-state index in [0.717, 1.165) is 12.5 Å². The summed E-state index contributed by atoms with van der Waals surface area (Å²) in [5.41, 5.74) is 0.673. The van der Waals surface area contributed by atoms with E-state index in [1.807, 2.05) is 0 Å². The summed E-state index contributed by atoms with van der Waals surface area (Å²) < 4.78 is 57.3. The molecule has 172 valence electrons. The zero-order valence-corrected chi connectivity index (χ0v) is 18.8. The van der Waals surface area contributed by atoms with Gasteiger partial charge in [-0.3, -0.25) is 4.79 Å². The number of hydrogen-bond acceptors (Lipinski definition) is 6. The van der Waals surface area contributed by atoms with Crippen LogP contribution < -0.4 is 9.47 Å². The highest BCUT2D eigenvalue weighted by molar-refractivity contribution is 7.89. The number of halogens is 2. The third-order valence-electron chi connectivity index (χ3n) is 5.48. The minimum atomic E-state index is -3.95. The molecule has 1 fully saturated rings. The van der Waals surface area contributed by atoms with Crippen molar-refractivity contribution in [2.75, 3.05) is 26.3 Å². The van der Waals surface area contributed by atoms with Crippen molar-refractivity contribution in [1.82, 2.24) is 4.31 Å². The molecule has 2 aliphatic rings. The van der Waals surface area contributed by atoms with E-state index in [-0.39, 0.29) is 24.6 Å². The third-order valence-corrected chi connectivity index (χ3v) is 7.70. The van der Waals surface area contributed by atoms with Crippen molar-refractivity contribution in [3.63, 3.8) is 0 Å². The van der Waals surface area contributed by atoms with Crippen LogP contribution in [0.15, 0.2) is 41.3 Å². The summed E-state index contributed by atoms with van der Waals surface area (Å²) in [4.78, 5) is 12.2. The lowest BCUT2D eigenvalue weighted by Gasteiger charge is -2.30. The molecule has 10 heteroatoms. The summed E-state index contributed by atoms with van der Waals surface area (Å²) in [7, 11) is -3.95. The predicted molar refractivity (Wildman–Crippen MR) is 115 cm³/mol. The number of sulfonamides is 1. The maximum atomic E-state index is 14.0. The zero-order valence-electron chi connectivity index (χ0n) is 17.3. The van der Waals surface area contributed by atoms with Crippen LogP contribution in [0.1, 0.15) is 24.8 Å². The number of esters is 1. The van der Waals surface area contributed by atoms with Gasteiger partial charge in [-0.25, -0.2) is 12.8 Å². The lowest BCUT2D eigenvalue weighted by atomic mass is 9.98. The highest BCUT2D eigenvalue weighted by Crippen LogP contribution is 2.38. The molecule has 0 N–H and O–H groups in total. The maximum Gasteiger partial charge on any atom is 0.309 e. The summed E-state index contributed by atoms with van der Waals surface area (Å²) in [5, 5.41) is 0.391. The van der Waals surface area contributed by atoms with Crippen molar-refractivity contribution >= 4 is 27.6 Å². The molecular formula is C22H23ClFNO6S. The number of hydrogen-bond donors (Lipinski definition) is 0. The minimum Gasteiger partial charge on any atom is -0.489 e. The molecule has 7 nitrogen and oxygen atoms in total. The molecule has 0 spiro atoms. The molecule has 0 aliphatic carbocycles. The van der Waals surface area contributed by atoms with Crippen LogP contribution in [-0.4, -0.2) is 45.0 Å². The van der Waals surface area contributed by atoms with E-state index in [1.54, 1.807) is 12.1 Å². The Morgan fingerprint density at radius 2 is 1.88 bits per heavy atom. The molecule has 0 amide bonds. The van der Waals surface area contributed by atoms with Crippen LogP contribution in [0.4, 0.5) is 4.39 Å². The monoisotopic (exact) mass is 483 g/mol. The standard InChI is InChI=1S/C22H23ClFNO6S/c23-17-12-15(13-19-21(17)30-11-3-10-29-19)14-31-22(26)16-6-8-25(9-7-16)32(27,28)20-5-2-1-4-18(20)24/h1-2,4-5,12-13,16H,3,6-11,14H2. The van der Waals surface area contributed by atoms with Gasteiger partial charge in [0.15, 0.2) is 11.5 Å². The van der Waals surface area contributed by atoms with E-state index in [2.05, 4.69) is 0 Å². The molecule has 2 aromatic carbocycles. The normalized spacial score (nSPS) is 17.6. The molecule has 2 aromatic rings. The van der Waals surface area contributed by atoms with Crippen molar-refractivity contribution in [3.8, 4) is 11.5 Å². The zero-order chi connectivity index (χ0) is 22.7. The van der Waals surface area contributed by atoms with Gasteiger partial charge < -0.3 is 14.2 Å². The van der Waals surface area contributed by atoms with E-state index in [4.69, 9.17) is 25.8 Å². The quantitative estimate of drug-likeness (QED) is 0.602. The number of nitrogens with zero attached hydrogens (tertiary/aromatic N) is 1. The largest absolute Gasteiger partial charge is 0.489 e. The number of ether oxygens (including phenoxy) is 3.